The first kappa shape index (κ1) is 16.6. The minimum Gasteiger partial charge on any atom is -0.478 e. The molecule has 1 unspecified atom stereocenters. The van der Waals surface area contributed by atoms with Crippen LogP contribution in [0, 0.1) is 5.92 Å². The molecule has 19 heavy (non-hydrogen) atoms. The van der Waals surface area contributed by atoms with Crippen molar-refractivity contribution in [3.8, 4) is 0 Å². The van der Waals surface area contributed by atoms with Crippen LogP contribution in [0.5, 0.6) is 0 Å². The summed E-state index contributed by atoms with van der Waals surface area (Å²) in [6.07, 6.45) is 4.97. The molecule has 0 aliphatic carbocycles. The molecule has 0 aromatic heterocycles. The summed E-state index contributed by atoms with van der Waals surface area (Å²) in [5, 5.41) is 9.09. The van der Waals surface area contributed by atoms with Crippen molar-refractivity contribution in [2.45, 2.75) is 44.4 Å². The Morgan fingerprint density at radius 3 is 2.74 bits per heavy atom. The third kappa shape index (κ3) is 5.57. The van der Waals surface area contributed by atoms with Crippen LogP contribution in [0.4, 0.5) is 0 Å². The largest absolute Gasteiger partial charge is 0.478 e. The maximum Gasteiger partial charge on any atom is 0.336 e. The van der Waals surface area contributed by atoms with E-state index in [1.807, 2.05) is 12.1 Å². The van der Waals surface area contributed by atoms with E-state index in [4.69, 9.17) is 5.11 Å². The number of carboxylic acids is 1. The molecule has 1 N–H and O–H groups in total. The van der Waals surface area contributed by atoms with Crippen LogP contribution >= 0.6 is 27.7 Å². The summed E-state index contributed by atoms with van der Waals surface area (Å²) in [6, 6.07) is 5.55. The van der Waals surface area contributed by atoms with Gasteiger partial charge in [-0.15, -0.1) is 11.8 Å². The molecule has 1 atom stereocenters. The molecule has 0 radical (unpaired) electrons. The summed E-state index contributed by atoms with van der Waals surface area (Å²) in [4.78, 5) is 12.1. The van der Waals surface area contributed by atoms with Gasteiger partial charge in [0, 0.05) is 15.1 Å². The maximum atomic E-state index is 11.1. The highest BCUT2D eigenvalue weighted by Crippen LogP contribution is 2.28. The Hall–Kier alpha value is -0.480. The SMILES string of the molecule is CCCCC(CC)CSc1ccc(Br)c(C(=O)O)c1. The van der Waals surface area contributed by atoms with Crippen LogP contribution in [0.25, 0.3) is 0 Å². The molecule has 0 bridgehead atoms. The number of benzene rings is 1. The molecular weight excluding hydrogens is 324 g/mol. The van der Waals surface area contributed by atoms with E-state index in [1.54, 1.807) is 17.8 Å². The zero-order chi connectivity index (χ0) is 14.3. The lowest BCUT2D eigenvalue weighted by Gasteiger charge is -2.14. The highest BCUT2D eigenvalue weighted by molar-refractivity contribution is 9.10. The monoisotopic (exact) mass is 344 g/mol. The third-order valence-corrected chi connectivity index (χ3v) is 5.11. The number of hydrogen-bond donors (Lipinski definition) is 1. The van der Waals surface area contributed by atoms with E-state index in [9.17, 15) is 4.79 Å². The Bertz CT molecular complexity index is 421. The van der Waals surface area contributed by atoms with E-state index < -0.39 is 5.97 Å². The topological polar surface area (TPSA) is 37.3 Å². The molecule has 0 spiro atoms. The lowest BCUT2D eigenvalue weighted by Crippen LogP contribution is -2.02. The predicted octanol–water partition coefficient (Wildman–Crippen LogP) is 5.46. The quantitative estimate of drug-likeness (QED) is 0.636. The normalized spacial score (nSPS) is 12.4. The van der Waals surface area contributed by atoms with Crippen molar-refractivity contribution < 1.29 is 9.90 Å². The number of thioether (sulfide) groups is 1. The van der Waals surface area contributed by atoms with Gasteiger partial charge < -0.3 is 5.11 Å². The van der Waals surface area contributed by atoms with Crippen LogP contribution in [-0.4, -0.2) is 16.8 Å². The van der Waals surface area contributed by atoms with Crippen LogP contribution < -0.4 is 0 Å². The average molecular weight is 345 g/mol. The fraction of sp³-hybridized carbons (Fsp3) is 0.533. The van der Waals surface area contributed by atoms with Gasteiger partial charge in [0.2, 0.25) is 0 Å². The fourth-order valence-electron chi connectivity index (χ4n) is 1.87. The number of aromatic carboxylic acids is 1. The van der Waals surface area contributed by atoms with Crippen LogP contribution in [0.15, 0.2) is 27.6 Å². The molecule has 106 valence electrons. The number of unbranched alkanes of at least 4 members (excludes halogenated alkanes) is 1. The Balaban J connectivity index is 2.61. The number of carbonyl (C=O) groups is 1. The standard InChI is InChI=1S/C15H21BrO2S/c1-3-5-6-11(4-2)10-19-12-7-8-14(16)13(9-12)15(17)18/h7-9,11H,3-6,10H2,1-2H3,(H,17,18). The molecule has 0 fully saturated rings. The van der Waals surface area contributed by atoms with Crippen LogP contribution in [0.3, 0.4) is 0 Å². The first-order valence-corrected chi connectivity index (χ1v) is 8.52. The van der Waals surface area contributed by atoms with E-state index in [0.29, 0.717) is 10.0 Å². The number of hydrogen-bond acceptors (Lipinski definition) is 2. The zero-order valence-electron chi connectivity index (χ0n) is 11.5. The Labute approximate surface area is 128 Å². The molecule has 1 aromatic carbocycles. The van der Waals surface area contributed by atoms with Gasteiger partial charge in [-0.1, -0.05) is 33.1 Å². The van der Waals surface area contributed by atoms with Gasteiger partial charge in [-0.3, -0.25) is 0 Å². The third-order valence-electron chi connectivity index (χ3n) is 3.20. The van der Waals surface area contributed by atoms with Crippen molar-refractivity contribution in [3.05, 3.63) is 28.2 Å². The van der Waals surface area contributed by atoms with Crippen LogP contribution in [-0.2, 0) is 0 Å². The van der Waals surface area contributed by atoms with Gasteiger partial charge in [0.1, 0.15) is 0 Å². The van der Waals surface area contributed by atoms with Crippen molar-refractivity contribution in [3.63, 3.8) is 0 Å². The van der Waals surface area contributed by atoms with E-state index in [-0.39, 0.29) is 0 Å². The molecule has 2 nitrogen and oxygen atoms in total. The molecule has 0 aliphatic heterocycles. The second kappa shape index (κ2) is 8.64. The first-order chi connectivity index (χ1) is 9.08. The van der Waals surface area contributed by atoms with E-state index in [1.165, 1.54) is 25.7 Å². The molecular formula is C15H21BrO2S. The highest BCUT2D eigenvalue weighted by Gasteiger charge is 2.11. The van der Waals surface area contributed by atoms with Crippen LogP contribution in [0.1, 0.15) is 49.9 Å². The number of halogens is 1. The number of carboxylic acid groups (broad SMARTS) is 1. The van der Waals surface area contributed by atoms with Gasteiger partial charge in [0.05, 0.1) is 5.56 Å². The van der Waals surface area contributed by atoms with Crippen molar-refractivity contribution in [1.29, 1.82) is 0 Å². The average Bonchev–Trinajstić information content (AvgIpc) is 2.40. The smallest absolute Gasteiger partial charge is 0.336 e. The molecule has 0 saturated heterocycles. The van der Waals surface area contributed by atoms with E-state index in [2.05, 4.69) is 29.8 Å². The second-order valence-corrected chi connectivity index (χ2v) is 6.62. The minimum atomic E-state index is -0.882. The summed E-state index contributed by atoms with van der Waals surface area (Å²) in [5.74, 6) is 0.909. The lowest BCUT2D eigenvalue weighted by molar-refractivity contribution is 0.0695. The Kier molecular flexibility index (Phi) is 7.54. The van der Waals surface area contributed by atoms with Gasteiger partial charge in [-0.05, 0) is 46.5 Å². The van der Waals surface area contributed by atoms with Gasteiger partial charge >= 0.3 is 5.97 Å². The van der Waals surface area contributed by atoms with E-state index in [0.717, 1.165) is 16.6 Å². The molecule has 4 heteroatoms. The summed E-state index contributed by atoms with van der Waals surface area (Å²) in [5.41, 5.74) is 0.339. The first-order valence-electron chi connectivity index (χ1n) is 6.74. The van der Waals surface area contributed by atoms with Crippen molar-refractivity contribution in [1.82, 2.24) is 0 Å². The Morgan fingerprint density at radius 1 is 1.42 bits per heavy atom. The molecule has 0 aliphatic rings. The summed E-state index contributed by atoms with van der Waals surface area (Å²) in [7, 11) is 0. The highest BCUT2D eigenvalue weighted by atomic mass is 79.9. The van der Waals surface area contributed by atoms with Crippen LogP contribution in [0.2, 0.25) is 0 Å². The fourth-order valence-corrected chi connectivity index (χ4v) is 3.48. The second-order valence-electron chi connectivity index (χ2n) is 4.67. The maximum absolute atomic E-state index is 11.1. The lowest BCUT2D eigenvalue weighted by atomic mass is 10.0. The van der Waals surface area contributed by atoms with Gasteiger partial charge in [0.15, 0.2) is 0 Å². The van der Waals surface area contributed by atoms with Crippen molar-refractivity contribution in [2.75, 3.05) is 5.75 Å². The molecule has 1 aromatic rings. The zero-order valence-corrected chi connectivity index (χ0v) is 13.9. The Morgan fingerprint density at radius 2 is 2.16 bits per heavy atom. The van der Waals surface area contributed by atoms with Gasteiger partial charge in [-0.2, -0.15) is 0 Å². The molecule has 0 heterocycles. The van der Waals surface area contributed by atoms with Gasteiger partial charge in [-0.25, -0.2) is 4.79 Å². The summed E-state index contributed by atoms with van der Waals surface area (Å²) >= 11 is 5.03. The van der Waals surface area contributed by atoms with Gasteiger partial charge in [0.25, 0.3) is 0 Å². The molecule has 1 rings (SSSR count). The molecule has 0 amide bonds. The van der Waals surface area contributed by atoms with Crippen molar-refractivity contribution >= 4 is 33.7 Å². The summed E-state index contributed by atoms with van der Waals surface area (Å²) in [6.45, 7) is 4.44. The predicted molar refractivity (Wildman–Crippen MR) is 85.1 cm³/mol. The van der Waals surface area contributed by atoms with E-state index >= 15 is 0 Å². The number of rotatable bonds is 8. The van der Waals surface area contributed by atoms with Crippen molar-refractivity contribution in [2.24, 2.45) is 5.92 Å². The minimum absolute atomic E-state index is 0.339. The molecule has 0 saturated carbocycles. The summed E-state index contributed by atoms with van der Waals surface area (Å²) < 4.78 is 0.641.